The molecule has 14 rings (SSSR count). The van der Waals surface area contributed by atoms with E-state index in [2.05, 4.69) is 69.2 Å². The molecule has 100 heavy (non-hydrogen) atoms. The average molecular weight is 1420 g/mol. The van der Waals surface area contributed by atoms with Gasteiger partial charge in [-0.3, -0.25) is 24.0 Å². The Labute approximate surface area is 605 Å². The van der Waals surface area contributed by atoms with Crippen molar-refractivity contribution in [3.8, 4) is 0 Å². The molecule has 10 aliphatic carbocycles. The topological polar surface area (TPSA) is 243 Å². The molecule has 17 nitrogen and oxygen atoms in total. The van der Waals surface area contributed by atoms with Crippen LogP contribution in [0.3, 0.4) is 0 Å². The summed E-state index contributed by atoms with van der Waals surface area (Å²) in [5.74, 6) is 1.81. The first-order valence-corrected chi connectivity index (χ1v) is 37.8. The van der Waals surface area contributed by atoms with Gasteiger partial charge in [0.05, 0.1) is 35.6 Å². The van der Waals surface area contributed by atoms with Crippen molar-refractivity contribution in [1.29, 1.82) is 0 Å². The van der Waals surface area contributed by atoms with Gasteiger partial charge in [-0.05, 0) is 234 Å². The Morgan fingerprint density at radius 2 is 1.05 bits per heavy atom. The molecule has 4 N–H and O–H groups in total. The molecule has 26 atom stereocenters. The lowest BCUT2D eigenvalue weighted by molar-refractivity contribution is -0.240. The molecular weight excluding hydrogens is 1290 g/mol. The van der Waals surface area contributed by atoms with Crippen molar-refractivity contribution in [2.45, 2.75) is 327 Å². The first kappa shape index (κ1) is 80.9. The smallest absolute Gasteiger partial charge is 0.303 e. The first-order chi connectivity index (χ1) is 45.4. The third-order valence-electron chi connectivity index (χ3n) is 30.9. The van der Waals surface area contributed by atoms with Gasteiger partial charge in [0.2, 0.25) is 6.29 Å². The van der Waals surface area contributed by atoms with Crippen LogP contribution in [0, 0.1) is 101 Å². The largest absolute Gasteiger partial charge is 0.457 e. The number of hydrogen-bond donors (Lipinski definition) is 3. The van der Waals surface area contributed by atoms with E-state index in [4.69, 9.17) is 43.6 Å². The SMILES string of the molecule is C.C.CC(=O)O[C@@H]([C@H]1C[C@@H](C)[C@H]2[C@H](O1)C(=O)[C@@]1(C)[C@@H]3CC[C@H]4C(C)(C)[C@@H](O[C@@H](C=O)OCC=O)CC[C@@]45C[C@@]35CC[C@]21C)C(C)(C)O.CC(=O)O[C@@H]([C@H]1C[C@@H](C)[C@H]2[C@H](O1)C(=O)[C@@]1(C)[C@@H]3CC[C@H]4C(C)(C)[C@@H](O[C@H]5CCCCO5)CC[C@@]45C[C@@]35CC[C@]21C)C(C)(C)O.Cl.NCc1ccccc1. The summed E-state index contributed by atoms with van der Waals surface area (Å²) in [6, 6.07) is 9.99. The lowest BCUT2D eigenvalue weighted by atomic mass is 9.41. The zero-order valence-electron chi connectivity index (χ0n) is 62.1. The van der Waals surface area contributed by atoms with Crippen molar-refractivity contribution in [3.63, 3.8) is 0 Å². The van der Waals surface area contributed by atoms with Gasteiger partial charge in [-0.25, -0.2) is 0 Å². The summed E-state index contributed by atoms with van der Waals surface area (Å²) >= 11 is 0. The maximum absolute atomic E-state index is 14.9. The number of ketones is 2. The summed E-state index contributed by atoms with van der Waals surface area (Å²) in [6.07, 6.45) is 16.1. The fraction of sp³-hybridized carbons (Fsp3) is 0.854. The van der Waals surface area contributed by atoms with E-state index >= 15 is 0 Å². The molecule has 3 saturated heterocycles. The van der Waals surface area contributed by atoms with Crippen molar-refractivity contribution < 1.29 is 76.9 Å². The van der Waals surface area contributed by atoms with E-state index in [1.54, 1.807) is 27.7 Å². The van der Waals surface area contributed by atoms with Crippen molar-refractivity contribution >= 4 is 48.5 Å². The van der Waals surface area contributed by atoms with Crippen LogP contribution in [-0.2, 0) is 73.2 Å². The minimum Gasteiger partial charge on any atom is -0.457 e. The Hall–Kier alpha value is -3.23. The molecule has 0 amide bonds. The van der Waals surface area contributed by atoms with Crippen LogP contribution in [-0.4, -0.2) is 132 Å². The Morgan fingerprint density at radius 1 is 0.620 bits per heavy atom. The quantitative estimate of drug-likeness (QED) is 0.0640. The molecule has 13 aliphatic rings. The van der Waals surface area contributed by atoms with Gasteiger partial charge in [-0.15, -0.1) is 12.4 Å². The molecule has 1 aromatic carbocycles. The van der Waals surface area contributed by atoms with Crippen molar-refractivity contribution in [1.82, 2.24) is 0 Å². The molecule has 10 saturated carbocycles. The number of carbonyl (C=O) groups is 6. The van der Waals surface area contributed by atoms with E-state index in [9.17, 15) is 39.0 Å². The number of hydrogen-bond acceptors (Lipinski definition) is 17. The van der Waals surface area contributed by atoms with Crippen molar-refractivity contribution in [2.75, 3.05) is 13.2 Å². The van der Waals surface area contributed by atoms with Gasteiger partial charge in [0.15, 0.2) is 36.4 Å². The minimum absolute atomic E-state index is 0. The van der Waals surface area contributed by atoms with E-state index in [0.29, 0.717) is 55.1 Å². The molecule has 4 spiro atoms. The van der Waals surface area contributed by atoms with Gasteiger partial charge >= 0.3 is 11.9 Å². The Balaban J connectivity index is 0.000000204. The maximum Gasteiger partial charge on any atom is 0.303 e. The van der Waals surface area contributed by atoms with Crippen LogP contribution in [0.25, 0.3) is 0 Å². The lowest BCUT2D eigenvalue weighted by Crippen LogP contribution is -2.59. The summed E-state index contributed by atoms with van der Waals surface area (Å²) < 4.78 is 49.0. The van der Waals surface area contributed by atoms with Crippen LogP contribution >= 0.6 is 12.4 Å². The third-order valence-corrected chi connectivity index (χ3v) is 30.9. The zero-order valence-corrected chi connectivity index (χ0v) is 62.9. The summed E-state index contributed by atoms with van der Waals surface area (Å²) in [7, 11) is 0. The number of halogens is 1. The van der Waals surface area contributed by atoms with Crippen LogP contribution in [0.2, 0.25) is 0 Å². The van der Waals surface area contributed by atoms with Crippen molar-refractivity contribution in [3.05, 3.63) is 35.9 Å². The van der Waals surface area contributed by atoms with Crippen molar-refractivity contribution in [2.24, 2.45) is 107 Å². The Kier molecular flexibility index (Phi) is 22.8. The number of ether oxygens (including phenoxy) is 8. The highest BCUT2D eigenvalue weighted by molar-refractivity contribution is 5.94. The van der Waals surface area contributed by atoms with Crippen LogP contribution in [0.5, 0.6) is 0 Å². The van der Waals surface area contributed by atoms with Gasteiger partial charge in [0.1, 0.15) is 25.1 Å². The van der Waals surface area contributed by atoms with Gasteiger partial charge in [0.25, 0.3) is 0 Å². The fourth-order valence-corrected chi connectivity index (χ4v) is 26.6. The molecule has 0 bridgehead atoms. The molecule has 18 heteroatoms. The highest BCUT2D eigenvalue weighted by Crippen LogP contribution is 2.91. The van der Waals surface area contributed by atoms with E-state index in [1.165, 1.54) is 45.1 Å². The second-order valence-electron chi connectivity index (χ2n) is 36.8. The van der Waals surface area contributed by atoms with E-state index in [1.807, 2.05) is 30.3 Å². The monoisotopic (exact) mass is 1420 g/mol. The number of carbonyl (C=O) groups excluding carboxylic acids is 6. The number of Topliss-reactive ketones (excluding diaryl/α,β-unsaturated/α-hetero) is 2. The number of fused-ring (bicyclic) bond motifs is 8. The molecule has 1 aromatic rings. The van der Waals surface area contributed by atoms with Crippen LogP contribution in [0.4, 0.5) is 0 Å². The highest BCUT2D eigenvalue weighted by atomic mass is 35.5. The first-order valence-electron chi connectivity index (χ1n) is 37.8. The molecule has 0 unspecified atom stereocenters. The molecule has 13 fully saturated rings. The van der Waals surface area contributed by atoms with E-state index in [-0.39, 0.29) is 131 Å². The Bertz CT molecular complexity index is 3140. The van der Waals surface area contributed by atoms with Gasteiger partial charge < -0.3 is 58.6 Å². The van der Waals surface area contributed by atoms with E-state index < -0.39 is 76.9 Å². The number of nitrogens with two attached hydrogens (primary N) is 1. The van der Waals surface area contributed by atoms with Crippen LogP contribution in [0.15, 0.2) is 30.3 Å². The van der Waals surface area contributed by atoms with Crippen LogP contribution < -0.4 is 5.73 Å². The predicted octanol–water partition coefficient (Wildman–Crippen LogP) is 14.3. The summed E-state index contributed by atoms with van der Waals surface area (Å²) in [4.78, 5) is 76.4. The third kappa shape index (κ3) is 12.3. The number of rotatable bonds is 15. The molecule has 0 aromatic heterocycles. The highest BCUT2D eigenvalue weighted by Gasteiger charge is 2.87. The van der Waals surface area contributed by atoms with E-state index in [0.717, 1.165) is 90.1 Å². The summed E-state index contributed by atoms with van der Waals surface area (Å²) in [5, 5.41) is 21.9. The Morgan fingerprint density at radius 3 is 1.44 bits per heavy atom. The lowest BCUT2D eigenvalue weighted by Gasteiger charge is -2.62. The molecule has 0 radical (unpaired) electrons. The second-order valence-corrected chi connectivity index (χ2v) is 36.8. The normalized spacial score (nSPS) is 44.9. The van der Waals surface area contributed by atoms with Crippen LogP contribution in [0.1, 0.15) is 253 Å². The van der Waals surface area contributed by atoms with Gasteiger partial charge in [-0.2, -0.15) is 0 Å². The molecule has 3 heterocycles. The second kappa shape index (κ2) is 28.2. The molecule has 3 aliphatic heterocycles. The predicted molar refractivity (Wildman–Crippen MR) is 384 cm³/mol. The number of esters is 2. The number of benzene rings is 1. The minimum atomic E-state index is -1.31. The number of aliphatic hydroxyl groups is 2. The van der Waals surface area contributed by atoms with Gasteiger partial charge in [-0.1, -0.05) is 114 Å². The molecule has 566 valence electrons. The average Bonchev–Trinajstić information content (AvgIpc) is 1.46. The standard InChI is InChI=1S/C37H58O7.C36H54O9.C7H9N.2CH4.ClH/c1-21-19-23(31(33(5,6)40)42-22(2)38)43-29-28(21)34(7)16-17-37-20-36(37)15-14-26(44-27-11-9-10-18-41-27)32(3,4)24(36)12-13-25(37)35(34,8)30(29)39;1-20-17-22(30(32(5,6)41)43-21(2)39)44-28-27(20)33(7)13-14-36-19-35(36)12-11-25(45-26(18-38)42-16-15-37)31(3,4)23(35)9-10-24(36)34(33,8)29(28)40;8-6-7-4-2-1-3-5-7;;;/h21,23-29,31,40H,9-20H2,1-8H3;15,18,20,22-28,30,41H,9-14,16-17,19H2,1-8H3;1-5H,6,8H2;2*1H4;1H/t21-,23-,24+,25+,26+,27+,28+,29+,31+,34-,35-,36-,37+;20-,22-,23+,24+,25+,26+,27+,28+,30+,33-,34-,35-,36+;;;;/m11..../s1. The summed E-state index contributed by atoms with van der Waals surface area (Å²) in [5.41, 5.74) is 3.30. The van der Waals surface area contributed by atoms with Gasteiger partial charge in [0, 0.05) is 49.7 Å². The summed E-state index contributed by atoms with van der Waals surface area (Å²) in [6.45, 7) is 33.8. The number of aldehydes is 2. The zero-order chi connectivity index (χ0) is 70.4. The molecular formula is C82H130ClNO16. The maximum atomic E-state index is 14.9. The fourth-order valence-electron chi connectivity index (χ4n) is 26.6.